The number of hydrogen-bond acceptors (Lipinski definition) is 5. The van der Waals surface area contributed by atoms with Crippen LogP contribution in [0.25, 0.3) is 0 Å². The summed E-state index contributed by atoms with van der Waals surface area (Å²) in [5.41, 5.74) is 2.11. The first-order chi connectivity index (χ1) is 14.7. The van der Waals surface area contributed by atoms with E-state index in [4.69, 9.17) is 21.5 Å². The number of nitrogens with two attached hydrogens (primary N) is 1. The predicted molar refractivity (Wildman–Crippen MR) is 115 cm³/mol. The molecule has 0 unspecified atom stereocenters. The number of nitrogens with zero attached hydrogens (tertiary/aromatic N) is 1. The number of carbonyl (C=O) groups excluding carboxylic acids is 2. The summed E-state index contributed by atoms with van der Waals surface area (Å²) >= 11 is 6.11. The van der Waals surface area contributed by atoms with Crippen LogP contribution in [-0.4, -0.2) is 38.0 Å². The van der Waals surface area contributed by atoms with Gasteiger partial charge in [0.25, 0.3) is 0 Å². The topological polar surface area (TPSA) is 119 Å². The molecular formula is C21H22ClN3O5S. The number of rotatable bonds is 5. The molecule has 1 aliphatic heterocycles. The van der Waals surface area contributed by atoms with Crippen molar-refractivity contribution in [2.24, 2.45) is 5.14 Å². The predicted octanol–water partition coefficient (Wildman–Crippen LogP) is 2.83. The van der Waals surface area contributed by atoms with Crippen molar-refractivity contribution in [1.29, 1.82) is 0 Å². The molecule has 4 rings (SSSR count). The number of carbonyl (C=O) groups is 2. The van der Waals surface area contributed by atoms with Crippen LogP contribution in [0.4, 0.5) is 10.5 Å². The molecule has 0 bridgehead atoms. The van der Waals surface area contributed by atoms with Crippen molar-refractivity contribution < 1.29 is 22.7 Å². The van der Waals surface area contributed by atoms with Crippen LogP contribution >= 0.6 is 11.6 Å². The molecule has 31 heavy (non-hydrogen) atoms. The fourth-order valence-electron chi connectivity index (χ4n) is 3.56. The fourth-order valence-corrected chi connectivity index (χ4v) is 4.63. The number of nitrogens with one attached hydrogen (secondary N) is 1. The maximum Gasteiger partial charge on any atom is 0.410 e. The van der Waals surface area contributed by atoms with Crippen molar-refractivity contribution in [1.82, 2.24) is 4.90 Å². The molecule has 2 aromatic rings. The van der Waals surface area contributed by atoms with E-state index >= 15 is 0 Å². The summed E-state index contributed by atoms with van der Waals surface area (Å²) in [4.78, 5) is 26.3. The van der Waals surface area contributed by atoms with Crippen molar-refractivity contribution in [3.63, 3.8) is 0 Å². The minimum absolute atomic E-state index is 0.0238. The van der Waals surface area contributed by atoms with Crippen molar-refractivity contribution >= 4 is 39.3 Å². The van der Waals surface area contributed by atoms with E-state index < -0.39 is 16.1 Å². The lowest BCUT2D eigenvalue weighted by Gasteiger charge is -2.29. The Kier molecular flexibility index (Phi) is 5.92. The summed E-state index contributed by atoms with van der Waals surface area (Å²) in [5.74, 6) is -0.353. The minimum Gasteiger partial charge on any atom is -0.446 e. The third-order valence-electron chi connectivity index (χ3n) is 5.24. The first-order valence-electron chi connectivity index (χ1n) is 9.88. The van der Waals surface area contributed by atoms with Gasteiger partial charge >= 0.3 is 6.09 Å². The van der Waals surface area contributed by atoms with Gasteiger partial charge in [-0.3, -0.25) is 4.79 Å². The molecule has 1 heterocycles. The molecular weight excluding hydrogens is 442 g/mol. The average Bonchev–Trinajstić information content (AvgIpc) is 3.52. The second kappa shape index (κ2) is 8.49. The number of sulfonamides is 1. The SMILES string of the molecule is NS(=O)(=O)c1cc(NC(=O)Cc2ccccc2Cl)cc2c1CCN(C(=O)OC1CC1)C2. The lowest BCUT2D eigenvalue weighted by atomic mass is 9.99. The maximum absolute atomic E-state index is 12.5. The van der Waals surface area contributed by atoms with E-state index in [-0.39, 0.29) is 35.6 Å². The van der Waals surface area contributed by atoms with Crippen LogP contribution in [0.15, 0.2) is 41.3 Å². The quantitative estimate of drug-likeness (QED) is 0.706. The highest BCUT2D eigenvalue weighted by Gasteiger charge is 2.31. The summed E-state index contributed by atoms with van der Waals surface area (Å²) < 4.78 is 29.7. The van der Waals surface area contributed by atoms with Gasteiger partial charge in [0.1, 0.15) is 6.10 Å². The third-order valence-corrected chi connectivity index (χ3v) is 6.59. The Morgan fingerprint density at radius 2 is 1.97 bits per heavy atom. The van der Waals surface area contributed by atoms with Crippen LogP contribution in [0, 0.1) is 0 Å². The van der Waals surface area contributed by atoms with Crippen molar-refractivity contribution in [3.05, 3.63) is 58.1 Å². The van der Waals surface area contributed by atoms with Crippen LogP contribution in [0.5, 0.6) is 0 Å². The zero-order chi connectivity index (χ0) is 22.2. The van der Waals surface area contributed by atoms with Crippen LogP contribution in [0.3, 0.4) is 0 Å². The normalized spacial score (nSPS) is 15.9. The molecule has 1 aliphatic carbocycles. The minimum atomic E-state index is -4.02. The molecule has 0 atom stereocenters. The monoisotopic (exact) mass is 463 g/mol. The average molecular weight is 464 g/mol. The first-order valence-corrected chi connectivity index (χ1v) is 11.8. The molecule has 2 aromatic carbocycles. The zero-order valence-corrected chi connectivity index (χ0v) is 18.2. The molecule has 0 aromatic heterocycles. The summed E-state index contributed by atoms with van der Waals surface area (Å²) in [5, 5.41) is 8.61. The highest BCUT2D eigenvalue weighted by Crippen LogP contribution is 2.31. The van der Waals surface area contributed by atoms with Crippen molar-refractivity contribution in [2.75, 3.05) is 11.9 Å². The van der Waals surface area contributed by atoms with Gasteiger partial charge in [0.15, 0.2) is 0 Å². The van der Waals surface area contributed by atoms with Crippen LogP contribution in [-0.2, 0) is 38.9 Å². The number of hydrogen-bond donors (Lipinski definition) is 2. The second-order valence-electron chi connectivity index (χ2n) is 7.73. The number of amides is 2. The van der Waals surface area contributed by atoms with Crippen LogP contribution in [0.2, 0.25) is 5.02 Å². The lowest BCUT2D eigenvalue weighted by Crippen LogP contribution is -2.37. The van der Waals surface area contributed by atoms with Gasteiger partial charge in [-0.15, -0.1) is 0 Å². The molecule has 10 heteroatoms. The Morgan fingerprint density at radius 3 is 2.65 bits per heavy atom. The third kappa shape index (κ3) is 5.17. The van der Waals surface area contributed by atoms with Crippen LogP contribution < -0.4 is 10.5 Å². The highest BCUT2D eigenvalue weighted by atomic mass is 35.5. The number of ether oxygens (including phenoxy) is 1. The van der Waals surface area contributed by atoms with Gasteiger partial charge < -0.3 is 15.0 Å². The number of benzene rings is 2. The molecule has 2 aliphatic rings. The van der Waals surface area contributed by atoms with Crippen molar-refractivity contribution in [3.8, 4) is 0 Å². The fraction of sp³-hybridized carbons (Fsp3) is 0.333. The van der Waals surface area contributed by atoms with E-state index in [1.165, 1.54) is 11.0 Å². The summed E-state index contributed by atoms with van der Waals surface area (Å²) in [6, 6.07) is 10.0. The molecule has 8 nitrogen and oxygen atoms in total. The zero-order valence-electron chi connectivity index (χ0n) is 16.6. The highest BCUT2D eigenvalue weighted by molar-refractivity contribution is 7.89. The molecule has 2 amide bonds. The maximum atomic E-state index is 12.5. The molecule has 1 saturated carbocycles. The standard InChI is InChI=1S/C21H22ClN3O5S/c22-18-4-2-1-3-13(18)10-20(26)24-15-9-14-12-25(21(27)30-16-5-6-16)8-7-17(14)19(11-15)31(23,28)29/h1-4,9,11,16H,5-8,10,12H2,(H,24,26)(H2,23,28,29). The molecule has 0 saturated heterocycles. The summed E-state index contributed by atoms with van der Waals surface area (Å²) in [7, 11) is -4.02. The van der Waals surface area contributed by atoms with Gasteiger partial charge in [0.2, 0.25) is 15.9 Å². The van der Waals surface area contributed by atoms with E-state index in [1.807, 2.05) is 0 Å². The number of halogens is 1. The smallest absolute Gasteiger partial charge is 0.410 e. The van der Waals surface area contributed by atoms with Crippen LogP contribution in [0.1, 0.15) is 29.5 Å². The Balaban J connectivity index is 1.58. The van der Waals surface area contributed by atoms with Gasteiger partial charge in [-0.2, -0.15) is 0 Å². The second-order valence-corrected chi connectivity index (χ2v) is 9.67. The summed E-state index contributed by atoms with van der Waals surface area (Å²) in [6.45, 7) is 0.511. The largest absolute Gasteiger partial charge is 0.446 e. The number of primary sulfonamides is 1. The lowest BCUT2D eigenvalue weighted by molar-refractivity contribution is -0.115. The van der Waals surface area contributed by atoms with Gasteiger partial charge in [-0.1, -0.05) is 29.8 Å². The molecule has 0 radical (unpaired) electrons. The molecule has 1 fully saturated rings. The van der Waals surface area contributed by atoms with Gasteiger partial charge in [-0.05, 0) is 54.2 Å². The Bertz CT molecular complexity index is 1150. The Morgan fingerprint density at radius 1 is 1.23 bits per heavy atom. The number of fused-ring (bicyclic) bond motifs is 1. The van der Waals surface area contributed by atoms with E-state index in [1.54, 1.807) is 30.3 Å². The van der Waals surface area contributed by atoms with Gasteiger partial charge in [-0.25, -0.2) is 18.4 Å². The van der Waals surface area contributed by atoms with Crippen molar-refractivity contribution in [2.45, 2.75) is 43.2 Å². The Labute approximate surface area is 185 Å². The molecule has 3 N–H and O–H groups in total. The van der Waals surface area contributed by atoms with E-state index in [9.17, 15) is 18.0 Å². The van der Waals surface area contributed by atoms with Gasteiger partial charge in [0.05, 0.1) is 11.3 Å². The van der Waals surface area contributed by atoms with E-state index in [0.29, 0.717) is 34.7 Å². The van der Waals surface area contributed by atoms with E-state index in [2.05, 4.69) is 5.32 Å². The molecule has 0 spiro atoms. The van der Waals surface area contributed by atoms with E-state index in [0.717, 1.165) is 12.8 Å². The number of anilines is 1. The first kappa shape index (κ1) is 21.6. The molecule has 164 valence electrons. The Hall–Kier alpha value is -2.62. The summed E-state index contributed by atoms with van der Waals surface area (Å²) in [6.07, 6.45) is 1.65. The van der Waals surface area contributed by atoms with Gasteiger partial charge in [0, 0.05) is 23.8 Å².